The first-order valence-electron chi connectivity index (χ1n) is 10.3. The van der Waals surface area contributed by atoms with Gasteiger partial charge in [0.1, 0.15) is 0 Å². The van der Waals surface area contributed by atoms with Crippen LogP contribution < -0.4 is 0 Å². The molecule has 6 rings (SSSR count). The molecule has 5 nitrogen and oxygen atoms in total. The average molecular weight is 364 g/mol. The first-order valence-corrected chi connectivity index (χ1v) is 10.3. The molecule has 1 N–H and O–H groups in total. The molecular weight excluding hydrogens is 336 g/mol. The predicted octanol–water partition coefficient (Wildman–Crippen LogP) is 2.98. The molecule has 3 atom stereocenters. The Balaban J connectivity index is 1.52. The minimum Gasteiger partial charge on any atom is -0.333 e. The van der Waals surface area contributed by atoms with E-state index in [1.807, 2.05) is 0 Å². The molecule has 0 radical (unpaired) electrons. The van der Waals surface area contributed by atoms with Crippen LogP contribution in [-0.4, -0.2) is 57.6 Å². The molecule has 4 fully saturated rings. The zero-order valence-electron chi connectivity index (χ0n) is 16.2. The molecule has 27 heavy (non-hydrogen) atoms. The van der Waals surface area contributed by atoms with Crippen molar-refractivity contribution in [3.63, 3.8) is 0 Å². The standard InChI is InChI=1S/C22H28N4O/c1-3-19-17(12-23-24-19)22(27)26-13-18(15-6-4-14(2)5-7-15)21-20(26)16-8-10-25(21)11-9-16/h4-7,12,16,18,20-21H,3,8-11,13H2,1-2H3,(H,23,24)/t18-,20-,21-/m0/s1. The van der Waals surface area contributed by atoms with Crippen molar-refractivity contribution in [1.29, 1.82) is 0 Å². The molecule has 0 aliphatic carbocycles. The number of aromatic nitrogens is 2. The topological polar surface area (TPSA) is 52.2 Å². The quantitative estimate of drug-likeness (QED) is 0.911. The maximum atomic E-state index is 13.5. The van der Waals surface area contributed by atoms with Crippen molar-refractivity contribution in [1.82, 2.24) is 20.0 Å². The Morgan fingerprint density at radius 3 is 2.63 bits per heavy atom. The number of nitrogens with zero attached hydrogens (tertiary/aromatic N) is 3. The van der Waals surface area contributed by atoms with Crippen LogP contribution in [0.4, 0.5) is 0 Å². The highest BCUT2D eigenvalue weighted by Crippen LogP contribution is 2.47. The van der Waals surface area contributed by atoms with Gasteiger partial charge in [-0.2, -0.15) is 5.10 Å². The number of piperidine rings is 3. The molecule has 1 aromatic heterocycles. The molecule has 5 heteroatoms. The summed E-state index contributed by atoms with van der Waals surface area (Å²) in [6, 6.07) is 9.74. The van der Waals surface area contributed by atoms with Gasteiger partial charge in [0.2, 0.25) is 0 Å². The van der Waals surface area contributed by atoms with E-state index >= 15 is 0 Å². The lowest BCUT2D eigenvalue weighted by molar-refractivity contribution is -0.00343. The highest BCUT2D eigenvalue weighted by molar-refractivity contribution is 5.95. The fourth-order valence-corrected chi connectivity index (χ4v) is 5.68. The third-order valence-corrected chi connectivity index (χ3v) is 7.06. The summed E-state index contributed by atoms with van der Waals surface area (Å²) < 4.78 is 0. The molecule has 1 amide bonds. The smallest absolute Gasteiger partial charge is 0.257 e. The number of aryl methyl sites for hydroxylation is 2. The van der Waals surface area contributed by atoms with Crippen LogP contribution in [0.3, 0.4) is 0 Å². The number of fused-ring (bicyclic) bond motifs is 2. The van der Waals surface area contributed by atoms with Crippen LogP contribution in [0.15, 0.2) is 30.5 Å². The first kappa shape index (κ1) is 17.0. The molecule has 0 spiro atoms. The minimum atomic E-state index is 0.166. The summed E-state index contributed by atoms with van der Waals surface area (Å²) in [5, 5.41) is 7.15. The number of amides is 1. The van der Waals surface area contributed by atoms with E-state index in [0.717, 1.165) is 24.2 Å². The Hall–Kier alpha value is -2.14. The number of H-pyrrole nitrogens is 1. The van der Waals surface area contributed by atoms with E-state index in [-0.39, 0.29) is 5.91 Å². The average Bonchev–Trinajstić information content (AvgIpc) is 3.35. The van der Waals surface area contributed by atoms with E-state index < -0.39 is 0 Å². The molecule has 1 aromatic carbocycles. The Labute approximate surface area is 160 Å². The van der Waals surface area contributed by atoms with Gasteiger partial charge in [0.15, 0.2) is 0 Å². The van der Waals surface area contributed by atoms with E-state index in [1.54, 1.807) is 6.20 Å². The Morgan fingerprint density at radius 1 is 1.19 bits per heavy atom. The second-order valence-electron chi connectivity index (χ2n) is 8.45. The summed E-state index contributed by atoms with van der Waals surface area (Å²) in [5.74, 6) is 1.20. The molecule has 2 aromatic rings. The van der Waals surface area contributed by atoms with Gasteiger partial charge in [0.25, 0.3) is 5.91 Å². The molecule has 4 aliphatic heterocycles. The number of hydrogen-bond donors (Lipinski definition) is 1. The number of rotatable bonds is 3. The Kier molecular flexibility index (Phi) is 4.08. The number of carbonyl (C=O) groups is 1. The van der Waals surface area contributed by atoms with Gasteiger partial charge in [-0.1, -0.05) is 36.8 Å². The molecular formula is C22H28N4O. The predicted molar refractivity (Wildman–Crippen MR) is 105 cm³/mol. The van der Waals surface area contributed by atoms with Crippen LogP contribution in [0.1, 0.15) is 52.9 Å². The number of nitrogens with one attached hydrogen (secondary N) is 1. The normalized spacial score (nSPS) is 31.9. The van der Waals surface area contributed by atoms with E-state index in [0.29, 0.717) is 23.9 Å². The van der Waals surface area contributed by atoms with Gasteiger partial charge in [-0.3, -0.25) is 14.8 Å². The van der Waals surface area contributed by atoms with Crippen LogP contribution >= 0.6 is 0 Å². The van der Waals surface area contributed by atoms with Crippen molar-refractivity contribution in [3.05, 3.63) is 52.8 Å². The molecule has 0 unspecified atom stereocenters. The Bertz CT molecular complexity index is 834. The maximum absolute atomic E-state index is 13.5. The summed E-state index contributed by atoms with van der Waals surface area (Å²) in [6.45, 7) is 7.39. The number of likely N-dealkylation sites (tertiary alicyclic amines) is 1. The lowest BCUT2D eigenvalue weighted by Gasteiger charge is -2.51. The molecule has 4 aliphatic rings. The van der Waals surface area contributed by atoms with Gasteiger partial charge in [-0.15, -0.1) is 0 Å². The van der Waals surface area contributed by atoms with Gasteiger partial charge < -0.3 is 4.90 Å². The van der Waals surface area contributed by atoms with E-state index in [4.69, 9.17) is 0 Å². The molecule has 142 valence electrons. The number of benzene rings is 1. The van der Waals surface area contributed by atoms with Gasteiger partial charge in [0.05, 0.1) is 17.8 Å². The molecule has 5 heterocycles. The van der Waals surface area contributed by atoms with Crippen molar-refractivity contribution in [2.75, 3.05) is 19.6 Å². The summed E-state index contributed by atoms with van der Waals surface area (Å²) in [5.41, 5.74) is 4.38. The highest BCUT2D eigenvalue weighted by atomic mass is 16.2. The van der Waals surface area contributed by atoms with Crippen molar-refractivity contribution < 1.29 is 4.79 Å². The van der Waals surface area contributed by atoms with E-state index in [1.165, 1.54) is 37.1 Å². The summed E-state index contributed by atoms with van der Waals surface area (Å²) in [7, 11) is 0. The molecule has 2 bridgehead atoms. The van der Waals surface area contributed by atoms with E-state index in [2.05, 4.69) is 58.1 Å². The molecule has 4 saturated heterocycles. The summed E-state index contributed by atoms with van der Waals surface area (Å²) >= 11 is 0. The van der Waals surface area contributed by atoms with Crippen LogP contribution in [0.25, 0.3) is 0 Å². The lowest BCUT2D eigenvalue weighted by atomic mass is 9.75. The number of aromatic amines is 1. The van der Waals surface area contributed by atoms with Crippen molar-refractivity contribution in [3.8, 4) is 0 Å². The van der Waals surface area contributed by atoms with Crippen LogP contribution in [0, 0.1) is 12.8 Å². The number of carbonyl (C=O) groups excluding carboxylic acids is 1. The van der Waals surface area contributed by atoms with Gasteiger partial charge >= 0.3 is 0 Å². The fraction of sp³-hybridized carbons (Fsp3) is 0.545. The van der Waals surface area contributed by atoms with Gasteiger partial charge in [0, 0.05) is 24.2 Å². The van der Waals surface area contributed by atoms with Gasteiger partial charge in [-0.05, 0) is 50.8 Å². The zero-order chi connectivity index (χ0) is 18.5. The first-order chi connectivity index (χ1) is 13.2. The van der Waals surface area contributed by atoms with Crippen LogP contribution in [0.2, 0.25) is 0 Å². The summed E-state index contributed by atoms with van der Waals surface area (Å²) in [6.07, 6.45) is 4.96. The van der Waals surface area contributed by atoms with Gasteiger partial charge in [-0.25, -0.2) is 0 Å². The van der Waals surface area contributed by atoms with E-state index in [9.17, 15) is 4.79 Å². The lowest BCUT2D eigenvalue weighted by Crippen LogP contribution is -2.60. The second kappa shape index (κ2) is 6.48. The third kappa shape index (κ3) is 2.63. The van der Waals surface area contributed by atoms with Crippen LogP contribution in [-0.2, 0) is 6.42 Å². The molecule has 0 saturated carbocycles. The second-order valence-corrected chi connectivity index (χ2v) is 8.45. The van der Waals surface area contributed by atoms with Crippen LogP contribution in [0.5, 0.6) is 0 Å². The summed E-state index contributed by atoms with van der Waals surface area (Å²) in [4.78, 5) is 18.3. The highest BCUT2D eigenvalue weighted by Gasteiger charge is 2.54. The SMILES string of the molecule is CCc1[nH]ncc1C(=O)N1C[C@@H](c2ccc(C)cc2)[C@H]2[C@@H]1C1CCN2CC1. The number of hydrogen-bond acceptors (Lipinski definition) is 3. The largest absolute Gasteiger partial charge is 0.333 e. The third-order valence-electron chi connectivity index (χ3n) is 7.06. The van der Waals surface area contributed by atoms with Crippen molar-refractivity contribution in [2.24, 2.45) is 5.92 Å². The maximum Gasteiger partial charge on any atom is 0.257 e. The minimum absolute atomic E-state index is 0.166. The Morgan fingerprint density at radius 2 is 1.93 bits per heavy atom. The zero-order valence-corrected chi connectivity index (χ0v) is 16.2. The fourth-order valence-electron chi connectivity index (χ4n) is 5.68. The van der Waals surface area contributed by atoms with Crippen molar-refractivity contribution >= 4 is 5.91 Å². The monoisotopic (exact) mass is 364 g/mol. The van der Waals surface area contributed by atoms with Crippen molar-refractivity contribution in [2.45, 2.75) is 51.1 Å².